The molecule has 1 saturated heterocycles. The maximum Gasteiger partial charge on any atom is 0.223 e. The SMILES string of the molecule is COc1cccc(C(C)CC(=O)N2CCC(O)CC2)c1. The van der Waals surface area contributed by atoms with Gasteiger partial charge in [-0.3, -0.25) is 4.79 Å². The van der Waals surface area contributed by atoms with Gasteiger partial charge in [0.2, 0.25) is 5.91 Å². The molecule has 0 saturated carbocycles. The second-order valence-corrected chi connectivity index (χ2v) is 5.49. The lowest BCUT2D eigenvalue weighted by Gasteiger charge is -2.30. The van der Waals surface area contributed by atoms with Crippen molar-refractivity contribution in [1.29, 1.82) is 0 Å². The molecule has 1 aromatic rings. The molecule has 20 heavy (non-hydrogen) atoms. The molecule has 0 bridgehead atoms. The molecule has 1 heterocycles. The third-order valence-corrected chi connectivity index (χ3v) is 3.96. The summed E-state index contributed by atoms with van der Waals surface area (Å²) >= 11 is 0. The van der Waals surface area contributed by atoms with Crippen molar-refractivity contribution >= 4 is 5.91 Å². The maximum atomic E-state index is 12.3. The lowest BCUT2D eigenvalue weighted by molar-refractivity contribution is -0.133. The molecule has 0 radical (unpaired) electrons. The number of nitrogens with zero attached hydrogens (tertiary/aromatic N) is 1. The third kappa shape index (κ3) is 3.73. The number of carbonyl (C=O) groups excluding carboxylic acids is 1. The van der Waals surface area contributed by atoms with Crippen molar-refractivity contribution in [1.82, 2.24) is 4.90 Å². The smallest absolute Gasteiger partial charge is 0.223 e. The van der Waals surface area contributed by atoms with Gasteiger partial charge in [-0.2, -0.15) is 0 Å². The number of benzene rings is 1. The molecule has 1 fully saturated rings. The fourth-order valence-corrected chi connectivity index (χ4v) is 2.57. The quantitative estimate of drug-likeness (QED) is 0.917. The molecule has 0 aliphatic carbocycles. The van der Waals surface area contributed by atoms with Gasteiger partial charge in [-0.1, -0.05) is 19.1 Å². The monoisotopic (exact) mass is 277 g/mol. The first-order valence-electron chi connectivity index (χ1n) is 7.20. The van der Waals surface area contributed by atoms with Crippen LogP contribution in [0.1, 0.15) is 37.7 Å². The van der Waals surface area contributed by atoms with E-state index in [-0.39, 0.29) is 17.9 Å². The number of piperidine rings is 1. The Morgan fingerprint density at radius 1 is 1.45 bits per heavy atom. The molecule has 1 N–H and O–H groups in total. The van der Waals surface area contributed by atoms with Crippen LogP contribution < -0.4 is 4.74 Å². The van der Waals surface area contributed by atoms with Crippen molar-refractivity contribution < 1.29 is 14.6 Å². The summed E-state index contributed by atoms with van der Waals surface area (Å²) < 4.78 is 5.21. The fourth-order valence-electron chi connectivity index (χ4n) is 2.57. The van der Waals surface area contributed by atoms with Crippen LogP contribution in [0.3, 0.4) is 0 Å². The topological polar surface area (TPSA) is 49.8 Å². The summed E-state index contributed by atoms with van der Waals surface area (Å²) in [5, 5.41) is 9.47. The molecule has 1 aromatic carbocycles. The first kappa shape index (κ1) is 14.9. The number of amides is 1. The minimum absolute atomic E-state index is 0.171. The van der Waals surface area contributed by atoms with E-state index >= 15 is 0 Å². The molecule has 1 aliphatic rings. The maximum absolute atomic E-state index is 12.3. The van der Waals surface area contributed by atoms with Crippen molar-refractivity contribution in [2.45, 2.75) is 38.2 Å². The Hall–Kier alpha value is -1.55. The van der Waals surface area contributed by atoms with Gasteiger partial charge in [0.15, 0.2) is 0 Å². The van der Waals surface area contributed by atoms with Crippen LogP contribution in [0.15, 0.2) is 24.3 Å². The van der Waals surface area contributed by atoms with Gasteiger partial charge in [0, 0.05) is 19.5 Å². The van der Waals surface area contributed by atoms with Crippen molar-refractivity contribution in [3.63, 3.8) is 0 Å². The zero-order valence-corrected chi connectivity index (χ0v) is 12.2. The highest BCUT2D eigenvalue weighted by atomic mass is 16.5. The average molecular weight is 277 g/mol. The summed E-state index contributed by atoms with van der Waals surface area (Å²) in [5.41, 5.74) is 1.12. The predicted octanol–water partition coefficient (Wildman–Crippen LogP) is 2.17. The van der Waals surface area contributed by atoms with E-state index in [1.165, 1.54) is 0 Å². The number of aliphatic hydroxyl groups excluding tert-OH is 1. The van der Waals surface area contributed by atoms with Gasteiger partial charge in [-0.05, 0) is 36.5 Å². The molecule has 4 heteroatoms. The highest BCUT2D eigenvalue weighted by Gasteiger charge is 2.22. The largest absolute Gasteiger partial charge is 0.497 e. The zero-order chi connectivity index (χ0) is 14.5. The van der Waals surface area contributed by atoms with Gasteiger partial charge < -0.3 is 14.7 Å². The first-order valence-corrected chi connectivity index (χ1v) is 7.20. The zero-order valence-electron chi connectivity index (χ0n) is 12.2. The molecule has 110 valence electrons. The lowest BCUT2D eigenvalue weighted by Crippen LogP contribution is -2.40. The molecule has 4 nitrogen and oxygen atoms in total. The Kier molecular flexibility index (Phi) is 5.01. The summed E-state index contributed by atoms with van der Waals surface area (Å²) in [7, 11) is 1.65. The van der Waals surface area contributed by atoms with Gasteiger partial charge in [0.1, 0.15) is 5.75 Å². The Balaban J connectivity index is 1.93. The van der Waals surface area contributed by atoms with E-state index in [1.54, 1.807) is 7.11 Å². The van der Waals surface area contributed by atoms with Crippen molar-refractivity contribution in [3.8, 4) is 5.75 Å². The van der Waals surface area contributed by atoms with E-state index in [9.17, 15) is 9.90 Å². The summed E-state index contributed by atoms with van der Waals surface area (Å²) in [6.07, 6.45) is 1.65. The van der Waals surface area contributed by atoms with Crippen LogP contribution in [0.4, 0.5) is 0 Å². The van der Waals surface area contributed by atoms with Gasteiger partial charge in [0.05, 0.1) is 13.2 Å². The number of ether oxygens (including phenoxy) is 1. The van der Waals surface area contributed by atoms with Gasteiger partial charge in [0.25, 0.3) is 0 Å². The van der Waals surface area contributed by atoms with Gasteiger partial charge in [-0.25, -0.2) is 0 Å². The molecule has 1 aliphatic heterocycles. The first-order chi connectivity index (χ1) is 9.60. The van der Waals surface area contributed by atoms with Crippen LogP contribution in [-0.2, 0) is 4.79 Å². The van der Waals surface area contributed by atoms with Crippen molar-refractivity contribution in [2.24, 2.45) is 0 Å². The standard InChI is InChI=1S/C16H23NO3/c1-12(13-4-3-5-15(11-13)20-2)10-16(19)17-8-6-14(18)7-9-17/h3-5,11-12,14,18H,6-10H2,1-2H3. The van der Waals surface area contributed by atoms with Crippen molar-refractivity contribution in [2.75, 3.05) is 20.2 Å². The molecule has 1 unspecified atom stereocenters. The van der Waals surface area contributed by atoms with E-state index < -0.39 is 0 Å². The Morgan fingerprint density at radius 2 is 2.15 bits per heavy atom. The Bertz CT molecular complexity index is 453. The van der Waals surface area contributed by atoms with Gasteiger partial charge >= 0.3 is 0 Å². The number of carbonyl (C=O) groups is 1. The second kappa shape index (κ2) is 6.75. The lowest BCUT2D eigenvalue weighted by atomic mass is 9.96. The second-order valence-electron chi connectivity index (χ2n) is 5.49. The molecule has 0 spiro atoms. The van der Waals surface area contributed by atoms with E-state index in [0.29, 0.717) is 32.4 Å². The molecular formula is C16H23NO3. The molecule has 1 atom stereocenters. The number of rotatable bonds is 4. The van der Waals surface area contributed by atoms with E-state index in [4.69, 9.17) is 4.74 Å². The molecular weight excluding hydrogens is 254 g/mol. The molecule has 1 amide bonds. The van der Waals surface area contributed by atoms with Crippen LogP contribution in [0.25, 0.3) is 0 Å². The molecule has 0 aromatic heterocycles. The van der Waals surface area contributed by atoms with E-state index in [0.717, 1.165) is 11.3 Å². The highest BCUT2D eigenvalue weighted by Crippen LogP contribution is 2.24. The van der Waals surface area contributed by atoms with E-state index in [2.05, 4.69) is 6.92 Å². The highest BCUT2D eigenvalue weighted by molar-refractivity contribution is 5.77. The van der Waals surface area contributed by atoms with Crippen LogP contribution in [-0.4, -0.2) is 42.2 Å². The predicted molar refractivity (Wildman–Crippen MR) is 77.8 cm³/mol. The average Bonchev–Trinajstić information content (AvgIpc) is 2.47. The van der Waals surface area contributed by atoms with Gasteiger partial charge in [-0.15, -0.1) is 0 Å². The summed E-state index contributed by atoms with van der Waals surface area (Å²) in [5.74, 6) is 1.17. The summed E-state index contributed by atoms with van der Waals surface area (Å²) in [6.45, 7) is 3.40. The van der Waals surface area contributed by atoms with Crippen LogP contribution in [0, 0.1) is 0 Å². The normalized spacial score (nSPS) is 17.9. The van der Waals surface area contributed by atoms with Crippen LogP contribution >= 0.6 is 0 Å². The Labute approximate surface area is 120 Å². The number of aliphatic hydroxyl groups is 1. The Morgan fingerprint density at radius 3 is 2.80 bits per heavy atom. The third-order valence-electron chi connectivity index (χ3n) is 3.96. The fraction of sp³-hybridized carbons (Fsp3) is 0.562. The van der Waals surface area contributed by atoms with E-state index in [1.807, 2.05) is 29.2 Å². The minimum atomic E-state index is -0.241. The van der Waals surface area contributed by atoms with Crippen LogP contribution in [0.5, 0.6) is 5.75 Å². The number of hydrogen-bond donors (Lipinski definition) is 1. The summed E-state index contributed by atoms with van der Waals surface area (Å²) in [6, 6.07) is 7.87. The minimum Gasteiger partial charge on any atom is -0.497 e. The number of methoxy groups -OCH3 is 1. The summed E-state index contributed by atoms with van der Waals surface area (Å²) in [4.78, 5) is 14.1. The van der Waals surface area contributed by atoms with Crippen molar-refractivity contribution in [3.05, 3.63) is 29.8 Å². The number of hydrogen-bond acceptors (Lipinski definition) is 3. The number of likely N-dealkylation sites (tertiary alicyclic amines) is 1. The van der Waals surface area contributed by atoms with Crippen LogP contribution in [0.2, 0.25) is 0 Å². The molecule has 2 rings (SSSR count).